The van der Waals surface area contributed by atoms with Crippen LogP contribution in [0.4, 0.5) is 0 Å². The fraction of sp³-hybridized carbons (Fsp3) is 0.143. The zero-order valence-electron chi connectivity index (χ0n) is 12.1. The molecule has 0 aromatic heterocycles. The highest BCUT2D eigenvalue weighted by molar-refractivity contribution is 8.08. The van der Waals surface area contributed by atoms with E-state index in [0.717, 1.165) is 24.1 Å². The zero-order valence-corrected chi connectivity index (χ0v) is 13.8. The van der Waals surface area contributed by atoms with Gasteiger partial charge >= 0.3 is 0 Å². The number of ether oxygens (including phenoxy) is 2. The van der Waals surface area contributed by atoms with Crippen LogP contribution in [-0.4, -0.2) is 34.6 Å². The molecule has 0 saturated carbocycles. The number of hydrogen-bond donors (Lipinski definition) is 4. The van der Waals surface area contributed by atoms with E-state index in [1.807, 2.05) is 0 Å². The maximum atomic E-state index is 9.71. The second-order valence-electron chi connectivity index (χ2n) is 4.16. The largest absolute Gasteiger partial charge is 0.504 e. The van der Waals surface area contributed by atoms with Crippen LogP contribution in [0, 0.1) is 0 Å². The Labute approximate surface area is 140 Å². The molecule has 0 saturated heterocycles. The van der Waals surface area contributed by atoms with Crippen molar-refractivity contribution in [3.63, 3.8) is 0 Å². The molecule has 0 atom stereocenters. The third-order valence-corrected chi connectivity index (χ3v) is 4.35. The van der Waals surface area contributed by atoms with Crippen molar-refractivity contribution in [3.8, 4) is 34.5 Å². The van der Waals surface area contributed by atoms with Crippen molar-refractivity contribution in [1.82, 2.24) is 0 Å². The molecule has 0 heterocycles. The van der Waals surface area contributed by atoms with Crippen LogP contribution >= 0.6 is 24.1 Å². The first-order valence-electron chi connectivity index (χ1n) is 6.18. The predicted molar refractivity (Wildman–Crippen MR) is 85.4 cm³/mol. The summed E-state index contributed by atoms with van der Waals surface area (Å²) >= 11 is 1.77. The van der Waals surface area contributed by atoms with Gasteiger partial charge in [-0.2, -0.15) is 0 Å². The van der Waals surface area contributed by atoms with Crippen LogP contribution in [0.3, 0.4) is 0 Å². The number of hydrogen-bond acceptors (Lipinski definition) is 9. The molecule has 2 rings (SSSR count). The number of methoxy groups -OCH3 is 2. The van der Waals surface area contributed by atoms with Crippen LogP contribution in [0.2, 0.25) is 0 Å². The van der Waals surface area contributed by atoms with E-state index in [4.69, 9.17) is 13.1 Å². The fourth-order valence-electron chi connectivity index (χ4n) is 1.70. The van der Waals surface area contributed by atoms with Gasteiger partial charge < -0.3 is 29.9 Å². The Morgan fingerprint density at radius 1 is 0.696 bits per heavy atom. The molecule has 0 aliphatic heterocycles. The second-order valence-corrected chi connectivity index (χ2v) is 5.92. The Morgan fingerprint density at radius 3 is 1.43 bits per heavy atom. The molecule has 9 heteroatoms. The van der Waals surface area contributed by atoms with Gasteiger partial charge in [0, 0.05) is 24.1 Å². The quantitative estimate of drug-likeness (QED) is 0.457. The SMILES string of the molecule is COc1c(SOSc2ccc(O)c(O)c2OC)ccc(O)c1O. The van der Waals surface area contributed by atoms with Crippen LogP contribution in [-0.2, 0) is 3.63 Å². The first-order valence-corrected chi connectivity index (χ1v) is 7.67. The third kappa shape index (κ3) is 3.63. The summed E-state index contributed by atoms with van der Waals surface area (Å²) in [6, 6.07) is 5.65. The molecule has 0 unspecified atom stereocenters. The van der Waals surface area contributed by atoms with E-state index in [1.54, 1.807) is 0 Å². The average Bonchev–Trinajstić information content (AvgIpc) is 2.54. The molecule has 0 bridgehead atoms. The second kappa shape index (κ2) is 7.44. The van der Waals surface area contributed by atoms with Crippen molar-refractivity contribution >= 4 is 24.1 Å². The molecule has 2 aromatic carbocycles. The van der Waals surface area contributed by atoms with Crippen LogP contribution in [0.25, 0.3) is 0 Å². The highest BCUT2D eigenvalue weighted by atomic mass is 32.2. The van der Waals surface area contributed by atoms with Crippen LogP contribution in [0.15, 0.2) is 34.1 Å². The molecule has 4 N–H and O–H groups in total. The van der Waals surface area contributed by atoms with Gasteiger partial charge in [0.2, 0.25) is 11.5 Å². The van der Waals surface area contributed by atoms with Gasteiger partial charge in [0.1, 0.15) is 0 Å². The summed E-state index contributed by atoms with van der Waals surface area (Å²) in [5, 5.41) is 38.3. The molecule has 0 aliphatic carbocycles. The fourth-order valence-corrected chi connectivity index (χ4v) is 3.18. The van der Waals surface area contributed by atoms with Gasteiger partial charge in [0.05, 0.1) is 24.0 Å². The minimum atomic E-state index is -0.383. The van der Waals surface area contributed by atoms with Crippen molar-refractivity contribution in [2.24, 2.45) is 0 Å². The molecule has 0 aliphatic rings. The van der Waals surface area contributed by atoms with Gasteiger partial charge in [-0.25, -0.2) is 3.63 Å². The molecule has 0 fully saturated rings. The average molecular weight is 358 g/mol. The topological polar surface area (TPSA) is 109 Å². The first-order chi connectivity index (χ1) is 11.0. The molecule has 0 spiro atoms. The number of rotatable bonds is 6. The Bertz CT molecular complexity index is 647. The summed E-state index contributed by atoms with van der Waals surface area (Å²) in [6.07, 6.45) is 0. The van der Waals surface area contributed by atoms with Crippen LogP contribution in [0.1, 0.15) is 0 Å². The van der Waals surface area contributed by atoms with E-state index in [2.05, 4.69) is 0 Å². The normalized spacial score (nSPS) is 10.5. The molecule has 23 heavy (non-hydrogen) atoms. The minimum absolute atomic E-state index is 0.0797. The number of aromatic hydroxyl groups is 4. The number of phenolic OH excluding ortho intramolecular Hbond substituents is 4. The predicted octanol–water partition coefficient (Wildman–Crippen LogP) is 3.26. The highest BCUT2D eigenvalue weighted by Gasteiger charge is 2.17. The lowest BCUT2D eigenvalue weighted by atomic mass is 10.3. The highest BCUT2D eigenvalue weighted by Crippen LogP contribution is 2.47. The first kappa shape index (κ1) is 17.3. The number of benzene rings is 2. The molecule has 2 aromatic rings. The van der Waals surface area contributed by atoms with Crippen molar-refractivity contribution in [2.75, 3.05) is 14.2 Å². The lowest BCUT2D eigenvalue weighted by Crippen LogP contribution is -1.89. The van der Waals surface area contributed by atoms with E-state index in [-0.39, 0.29) is 34.5 Å². The molecule has 0 radical (unpaired) electrons. The molecule has 124 valence electrons. The Kier molecular flexibility index (Phi) is 5.59. The van der Waals surface area contributed by atoms with Gasteiger partial charge in [-0.05, 0) is 24.3 Å². The summed E-state index contributed by atoms with van der Waals surface area (Å²) in [4.78, 5) is 0.884. The van der Waals surface area contributed by atoms with Crippen molar-refractivity contribution < 1.29 is 33.5 Å². The maximum absolute atomic E-state index is 9.71. The van der Waals surface area contributed by atoms with Gasteiger partial charge in [-0.1, -0.05) is 0 Å². The van der Waals surface area contributed by atoms with Crippen molar-refractivity contribution in [2.45, 2.75) is 9.79 Å². The third-order valence-electron chi connectivity index (χ3n) is 2.80. The molecular formula is C14H14O7S2. The maximum Gasteiger partial charge on any atom is 0.201 e. The summed E-state index contributed by atoms with van der Waals surface area (Å²) in [6.45, 7) is 0. The van der Waals surface area contributed by atoms with Crippen LogP contribution < -0.4 is 9.47 Å². The van der Waals surface area contributed by atoms with Crippen LogP contribution in [0.5, 0.6) is 34.5 Å². The lowest BCUT2D eigenvalue weighted by Gasteiger charge is -2.11. The Hall–Kier alpha value is -2.10. The summed E-state index contributed by atoms with van der Waals surface area (Å²) in [5.41, 5.74) is 0. The number of phenols is 4. The van der Waals surface area contributed by atoms with E-state index in [0.29, 0.717) is 9.79 Å². The molecule has 0 amide bonds. The van der Waals surface area contributed by atoms with E-state index in [9.17, 15) is 20.4 Å². The summed E-state index contributed by atoms with van der Waals surface area (Å²) in [5.74, 6) is -1.21. The van der Waals surface area contributed by atoms with E-state index in [1.165, 1.54) is 38.5 Å². The van der Waals surface area contributed by atoms with Gasteiger partial charge in [0.15, 0.2) is 23.0 Å². The van der Waals surface area contributed by atoms with E-state index >= 15 is 0 Å². The monoisotopic (exact) mass is 358 g/mol. The van der Waals surface area contributed by atoms with Crippen molar-refractivity contribution in [3.05, 3.63) is 24.3 Å². The standard InChI is InChI=1S/C14H14O7S2/c1-19-13-9(5-3-7(15)11(13)17)22-21-23-10-6-4-8(16)12(18)14(10)20-2/h3-6,15-18H,1-2H3. The van der Waals surface area contributed by atoms with E-state index < -0.39 is 0 Å². The molecular weight excluding hydrogens is 344 g/mol. The molecule has 7 nitrogen and oxygen atoms in total. The Balaban J connectivity index is 2.12. The zero-order chi connectivity index (χ0) is 17.0. The summed E-state index contributed by atoms with van der Waals surface area (Å²) in [7, 11) is 2.71. The van der Waals surface area contributed by atoms with Gasteiger partial charge in [0.25, 0.3) is 0 Å². The van der Waals surface area contributed by atoms with Gasteiger partial charge in [-0.15, -0.1) is 0 Å². The van der Waals surface area contributed by atoms with Crippen molar-refractivity contribution in [1.29, 1.82) is 0 Å². The smallest absolute Gasteiger partial charge is 0.201 e. The summed E-state index contributed by atoms with van der Waals surface area (Å²) < 4.78 is 15.4. The lowest BCUT2D eigenvalue weighted by molar-refractivity contribution is 0.343. The van der Waals surface area contributed by atoms with Gasteiger partial charge in [-0.3, -0.25) is 0 Å². The Morgan fingerprint density at radius 2 is 1.09 bits per heavy atom. The minimum Gasteiger partial charge on any atom is -0.504 e.